The summed E-state index contributed by atoms with van der Waals surface area (Å²) >= 11 is 5.23. The van der Waals surface area contributed by atoms with Gasteiger partial charge in [-0.3, -0.25) is 14.5 Å². The molecule has 0 saturated heterocycles. The highest BCUT2D eigenvalue weighted by atomic mass is 79.9. The number of nitrogens with zero attached hydrogens (tertiary/aromatic N) is 2. The number of carbonyl (C=O) groups excluding carboxylic acids is 2. The Balaban J connectivity index is 1.24. The van der Waals surface area contributed by atoms with Crippen LogP contribution in [-0.2, 0) is 22.6 Å². The Morgan fingerprint density at radius 1 is 1.16 bits per heavy atom. The van der Waals surface area contributed by atoms with Crippen LogP contribution in [0.2, 0.25) is 0 Å². The fraction of sp³-hybridized carbons (Fsp3) is 0.217. The van der Waals surface area contributed by atoms with Gasteiger partial charge in [-0.25, -0.2) is 0 Å². The van der Waals surface area contributed by atoms with Crippen LogP contribution in [0.4, 0.5) is 17.1 Å². The lowest BCUT2D eigenvalue weighted by atomic mass is 10.1. The molecule has 2 aliphatic rings. The lowest BCUT2D eigenvalue weighted by Crippen LogP contribution is -2.43. The number of ether oxygens (including phenoxy) is 1. The summed E-state index contributed by atoms with van der Waals surface area (Å²) in [6.07, 6.45) is 1.07. The largest absolute Gasteiger partial charge is 0.482 e. The third-order valence-electron chi connectivity index (χ3n) is 5.49. The molecule has 158 valence electrons. The number of nitrogens with one attached hydrogen (secondary N) is 1. The van der Waals surface area contributed by atoms with E-state index in [1.54, 1.807) is 12.1 Å². The van der Waals surface area contributed by atoms with Gasteiger partial charge >= 0.3 is 0 Å². The molecule has 0 atom stereocenters. The van der Waals surface area contributed by atoms with Gasteiger partial charge in [-0.2, -0.15) is 0 Å². The minimum absolute atomic E-state index is 0.0639. The highest BCUT2D eigenvalue weighted by Gasteiger charge is 2.27. The van der Waals surface area contributed by atoms with Gasteiger partial charge in [-0.1, -0.05) is 15.9 Å². The van der Waals surface area contributed by atoms with Crippen molar-refractivity contribution in [2.75, 3.05) is 34.8 Å². The summed E-state index contributed by atoms with van der Waals surface area (Å²) in [6.45, 7) is 1.77. The first kappa shape index (κ1) is 20.1. The predicted molar refractivity (Wildman–Crippen MR) is 126 cm³/mol. The molecule has 0 bridgehead atoms. The topological polar surface area (TPSA) is 61.9 Å². The molecule has 1 N–H and O–H groups in total. The molecular formula is C23H20BrN3O3S. The maximum atomic E-state index is 12.6. The number of amides is 2. The summed E-state index contributed by atoms with van der Waals surface area (Å²) < 4.78 is 6.33. The van der Waals surface area contributed by atoms with E-state index in [1.165, 1.54) is 15.3 Å². The summed E-state index contributed by atoms with van der Waals surface area (Å²) in [5.41, 5.74) is 3.84. The van der Waals surface area contributed by atoms with Crippen LogP contribution in [0, 0.1) is 0 Å². The van der Waals surface area contributed by atoms with Gasteiger partial charge in [-0.15, -0.1) is 11.3 Å². The van der Waals surface area contributed by atoms with Crippen molar-refractivity contribution in [3.8, 4) is 5.75 Å². The zero-order valence-electron chi connectivity index (χ0n) is 16.6. The van der Waals surface area contributed by atoms with Gasteiger partial charge in [0.05, 0.1) is 5.69 Å². The molecule has 0 fully saturated rings. The maximum Gasteiger partial charge on any atom is 0.265 e. The Morgan fingerprint density at radius 2 is 2.00 bits per heavy atom. The van der Waals surface area contributed by atoms with Crippen LogP contribution < -0.4 is 19.9 Å². The minimum atomic E-state index is -0.252. The van der Waals surface area contributed by atoms with Crippen LogP contribution in [0.1, 0.15) is 10.4 Å². The number of thiophene rings is 1. The normalized spacial score (nSPS) is 15.2. The molecule has 3 heterocycles. The lowest BCUT2D eigenvalue weighted by Gasteiger charge is -2.29. The zero-order chi connectivity index (χ0) is 21.4. The fourth-order valence-electron chi connectivity index (χ4n) is 3.92. The van der Waals surface area contributed by atoms with Crippen LogP contribution in [0.25, 0.3) is 0 Å². The quantitative estimate of drug-likeness (QED) is 0.578. The lowest BCUT2D eigenvalue weighted by molar-refractivity contribution is -0.123. The van der Waals surface area contributed by atoms with E-state index in [4.69, 9.17) is 4.74 Å². The average Bonchev–Trinajstić information content (AvgIpc) is 3.24. The molecule has 6 nitrogen and oxygen atoms in total. The van der Waals surface area contributed by atoms with Gasteiger partial charge in [0.25, 0.3) is 5.91 Å². The van der Waals surface area contributed by atoms with Crippen molar-refractivity contribution in [2.45, 2.75) is 13.0 Å². The Bertz CT molecular complexity index is 1150. The Kier molecular flexibility index (Phi) is 5.41. The molecule has 0 saturated carbocycles. The van der Waals surface area contributed by atoms with E-state index in [9.17, 15) is 9.59 Å². The van der Waals surface area contributed by atoms with Gasteiger partial charge < -0.3 is 15.0 Å². The molecule has 1 aromatic heterocycles. The maximum absolute atomic E-state index is 12.6. The Morgan fingerprint density at radius 3 is 2.84 bits per heavy atom. The van der Waals surface area contributed by atoms with Crippen molar-refractivity contribution in [3.63, 3.8) is 0 Å². The van der Waals surface area contributed by atoms with E-state index in [-0.39, 0.29) is 25.0 Å². The number of benzene rings is 2. The molecule has 0 aliphatic carbocycles. The van der Waals surface area contributed by atoms with Crippen LogP contribution in [-0.4, -0.2) is 31.5 Å². The van der Waals surface area contributed by atoms with E-state index in [0.29, 0.717) is 17.1 Å². The summed E-state index contributed by atoms with van der Waals surface area (Å²) in [5.74, 6) is 0.0948. The van der Waals surface area contributed by atoms with Crippen LogP contribution in [0.5, 0.6) is 5.75 Å². The third-order valence-corrected chi connectivity index (χ3v) is 7.01. The van der Waals surface area contributed by atoms with Crippen molar-refractivity contribution < 1.29 is 14.3 Å². The third kappa shape index (κ3) is 4.18. The predicted octanol–water partition coefficient (Wildman–Crippen LogP) is 4.44. The minimum Gasteiger partial charge on any atom is -0.482 e. The van der Waals surface area contributed by atoms with Crippen molar-refractivity contribution in [1.82, 2.24) is 0 Å². The first-order chi connectivity index (χ1) is 15.1. The van der Waals surface area contributed by atoms with Crippen LogP contribution >= 0.6 is 27.3 Å². The summed E-state index contributed by atoms with van der Waals surface area (Å²) in [5, 5.41) is 5.05. The van der Waals surface area contributed by atoms with E-state index < -0.39 is 0 Å². The number of fused-ring (bicyclic) bond motifs is 2. The zero-order valence-corrected chi connectivity index (χ0v) is 19.0. The van der Waals surface area contributed by atoms with Crippen molar-refractivity contribution in [3.05, 3.63) is 68.8 Å². The molecule has 0 unspecified atom stereocenters. The van der Waals surface area contributed by atoms with Gasteiger partial charge in [0.15, 0.2) is 6.61 Å². The number of hydrogen-bond acceptors (Lipinski definition) is 5. The van der Waals surface area contributed by atoms with Crippen molar-refractivity contribution in [1.29, 1.82) is 0 Å². The second-order valence-corrected chi connectivity index (χ2v) is 9.43. The first-order valence-corrected chi connectivity index (χ1v) is 11.7. The Labute approximate surface area is 192 Å². The molecule has 31 heavy (non-hydrogen) atoms. The van der Waals surface area contributed by atoms with Gasteiger partial charge in [0.2, 0.25) is 5.91 Å². The average molecular weight is 498 g/mol. The monoisotopic (exact) mass is 497 g/mol. The summed E-state index contributed by atoms with van der Waals surface area (Å²) in [7, 11) is 0. The molecule has 8 heteroatoms. The molecule has 5 rings (SSSR count). The van der Waals surface area contributed by atoms with Gasteiger partial charge in [0.1, 0.15) is 12.3 Å². The van der Waals surface area contributed by atoms with E-state index in [2.05, 4.69) is 37.6 Å². The second kappa shape index (κ2) is 8.36. The first-order valence-electron chi connectivity index (χ1n) is 9.99. The molecule has 3 aromatic rings. The number of halogens is 1. The highest BCUT2D eigenvalue weighted by molar-refractivity contribution is 9.10. The van der Waals surface area contributed by atoms with Gasteiger partial charge in [-0.05, 0) is 65.9 Å². The second-order valence-electron chi connectivity index (χ2n) is 7.52. The molecular weight excluding hydrogens is 478 g/mol. The van der Waals surface area contributed by atoms with Crippen molar-refractivity contribution in [2.24, 2.45) is 0 Å². The van der Waals surface area contributed by atoms with Crippen LogP contribution in [0.15, 0.2) is 58.4 Å². The van der Waals surface area contributed by atoms with E-state index in [1.807, 2.05) is 41.7 Å². The number of hydrogen-bond donors (Lipinski definition) is 1. The van der Waals surface area contributed by atoms with Crippen LogP contribution in [0.3, 0.4) is 0 Å². The van der Waals surface area contributed by atoms with E-state index >= 15 is 0 Å². The number of anilines is 3. The molecule has 2 aromatic carbocycles. The summed E-state index contributed by atoms with van der Waals surface area (Å²) in [6, 6.07) is 15.5. The molecule has 2 amide bonds. The molecule has 2 aliphatic heterocycles. The number of carbonyl (C=O) groups is 2. The van der Waals surface area contributed by atoms with Gasteiger partial charge in [0, 0.05) is 33.8 Å². The molecule has 0 spiro atoms. The highest BCUT2D eigenvalue weighted by Crippen LogP contribution is 2.34. The Hall–Kier alpha value is -2.84. The molecule has 0 radical (unpaired) electrons. The fourth-order valence-corrected chi connectivity index (χ4v) is 5.15. The SMILES string of the molecule is O=C(CN1C(=O)COc2cc(Br)ccc21)Nc1ccc(N2CCc3sccc3C2)cc1. The standard InChI is InChI=1S/C23H20BrN3O3S/c24-16-1-6-19-20(11-16)30-14-23(29)27(19)13-22(28)25-17-2-4-18(5-3-17)26-9-7-21-15(12-26)8-10-31-21/h1-6,8,10-11H,7,9,12-14H2,(H,25,28). The van der Waals surface area contributed by atoms with E-state index in [0.717, 1.165) is 29.7 Å². The summed E-state index contributed by atoms with van der Waals surface area (Å²) in [4.78, 5) is 30.2. The smallest absolute Gasteiger partial charge is 0.265 e. The van der Waals surface area contributed by atoms with Crippen molar-refractivity contribution >= 4 is 56.1 Å². The number of rotatable bonds is 4.